The Morgan fingerprint density at radius 2 is 1.62 bits per heavy atom. The molecule has 2 unspecified atom stereocenters. The van der Waals surface area contributed by atoms with E-state index in [1.54, 1.807) is 12.1 Å². The molecule has 4 nitrogen and oxygen atoms in total. The highest BCUT2D eigenvalue weighted by atomic mass is 32.2. The van der Waals surface area contributed by atoms with Crippen LogP contribution in [0.2, 0.25) is 18.1 Å². The number of hydrogen-bond donors (Lipinski definition) is 1. The summed E-state index contributed by atoms with van der Waals surface area (Å²) in [7, 11) is -5.38. The van der Waals surface area contributed by atoms with Crippen molar-refractivity contribution in [3.05, 3.63) is 60.2 Å². The third-order valence-corrected chi connectivity index (χ3v) is 13.6. The predicted octanol–water partition coefficient (Wildman–Crippen LogP) is 6.62. The number of aryl methyl sites for hydroxylation is 1. The van der Waals surface area contributed by atoms with Crippen LogP contribution in [0.15, 0.2) is 64.4 Å². The summed E-state index contributed by atoms with van der Waals surface area (Å²) in [6.45, 7) is 15.8. The molecule has 0 amide bonds. The van der Waals surface area contributed by atoms with Gasteiger partial charge in [0.25, 0.3) is 0 Å². The van der Waals surface area contributed by atoms with Crippen LogP contribution in [0, 0.1) is 6.92 Å². The van der Waals surface area contributed by atoms with Crippen LogP contribution >= 0.6 is 11.8 Å². The highest BCUT2D eigenvalue weighted by Gasteiger charge is 2.39. The van der Waals surface area contributed by atoms with E-state index in [0.717, 1.165) is 18.4 Å². The van der Waals surface area contributed by atoms with Gasteiger partial charge < -0.3 is 4.43 Å². The zero-order valence-electron chi connectivity index (χ0n) is 20.5. The number of rotatable bonds is 11. The molecular weight excluding hydrogens is 454 g/mol. The third kappa shape index (κ3) is 8.03. The normalized spacial score (nSPS) is 14.8. The third-order valence-electron chi connectivity index (χ3n) is 6.13. The molecule has 2 rings (SSSR count). The average molecular weight is 494 g/mol. The van der Waals surface area contributed by atoms with Gasteiger partial charge in [-0.05, 0) is 69.1 Å². The number of sulfonamides is 1. The molecule has 178 valence electrons. The minimum absolute atomic E-state index is 0.0785. The molecule has 0 aromatic heterocycles. The molecule has 0 fully saturated rings. The van der Waals surface area contributed by atoms with Crippen LogP contribution in [0.5, 0.6) is 0 Å². The molecule has 0 heterocycles. The zero-order valence-corrected chi connectivity index (χ0v) is 23.1. The zero-order chi connectivity index (χ0) is 24.0. The maximum absolute atomic E-state index is 12.6. The van der Waals surface area contributed by atoms with E-state index in [-0.39, 0.29) is 16.4 Å². The van der Waals surface area contributed by atoms with Gasteiger partial charge in [-0.25, -0.2) is 13.1 Å². The SMILES string of the molecule is Cc1ccc(S(=O)(=O)NCCCC(Sc2ccccc2)C(C)O[Si](C)(C)C(C)(C)C)cc1. The van der Waals surface area contributed by atoms with Crippen LogP contribution in [-0.4, -0.2) is 34.6 Å². The fourth-order valence-electron chi connectivity index (χ4n) is 3.09. The second-order valence-corrected chi connectivity index (χ2v) is 17.7. The summed E-state index contributed by atoms with van der Waals surface area (Å²) in [4.78, 5) is 1.52. The number of benzene rings is 2. The maximum Gasteiger partial charge on any atom is 0.240 e. The molecule has 0 aliphatic rings. The van der Waals surface area contributed by atoms with E-state index in [1.165, 1.54) is 4.90 Å². The minimum Gasteiger partial charge on any atom is -0.413 e. The Morgan fingerprint density at radius 3 is 2.19 bits per heavy atom. The van der Waals surface area contributed by atoms with Crippen LogP contribution in [0.3, 0.4) is 0 Å². The van der Waals surface area contributed by atoms with Crippen LogP contribution in [0.4, 0.5) is 0 Å². The largest absolute Gasteiger partial charge is 0.413 e. The quantitative estimate of drug-likeness (QED) is 0.217. The van der Waals surface area contributed by atoms with Gasteiger partial charge in [0.15, 0.2) is 8.32 Å². The van der Waals surface area contributed by atoms with Gasteiger partial charge in [-0.3, -0.25) is 0 Å². The summed E-state index contributed by atoms with van der Waals surface area (Å²) < 4.78 is 34.6. The van der Waals surface area contributed by atoms with Crippen molar-refractivity contribution in [3.8, 4) is 0 Å². The molecular formula is C25H39NO3S2Si. The van der Waals surface area contributed by atoms with Gasteiger partial charge in [0.05, 0.1) is 11.0 Å². The van der Waals surface area contributed by atoms with Crippen molar-refractivity contribution in [2.75, 3.05) is 6.54 Å². The first-order valence-corrected chi connectivity index (χ1v) is 16.5. The summed E-state index contributed by atoms with van der Waals surface area (Å²) in [6, 6.07) is 17.3. The van der Waals surface area contributed by atoms with Crippen molar-refractivity contribution in [2.24, 2.45) is 0 Å². The second-order valence-electron chi connectivity index (χ2n) is 9.91. The summed E-state index contributed by atoms with van der Waals surface area (Å²) in [5.41, 5.74) is 1.04. The van der Waals surface area contributed by atoms with Crippen molar-refractivity contribution in [3.63, 3.8) is 0 Å². The Labute approximate surface area is 200 Å². The molecule has 0 spiro atoms. The Kier molecular flexibility index (Phi) is 9.61. The van der Waals surface area contributed by atoms with Crippen molar-refractivity contribution < 1.29 is 12.8 Å². The number of hydrogen-bond acceptors (Lipinski definition) is 4. The fraction of sp³-hybridized carbons (Fsp3) is 0.520. The monoisotopic (exact) mass is 493 g/mol. The van der Waals surface area contributed by atoms with Crippen molar-refractivity contribution in [1.82, 2.24) is 4.72 Å². The summed E-state index contributed by atoms with van der Waals surface area (Å²) >= 11 is 1.82. The van der Waals surface area contributed by atoms with E-state index in [1.807, 2.05) is 36.9 Å². The minimum atomic E-state index is -3.48. The van der Waals surface area contributed by atoms with Crippen molar-refractivity contribution >= 4 is 30.1 Å². The standard InChI is InChI=1S/C25H39NO3S2Si/c1-20-15-17-23(18-16-20)31(27,28)26-19-11-14-24(30-22-12-9-8-10-13-22)21(2)29-32(6,7)25(3,4)5/h8-10,12-13,15-18,21,24,26H,11,14,19H2,1-7H3. The predicted molar refractivity (Wildman–Crippen MR) is 139 cm³/mol. The number of nitrogens with one attached hydrogen (secondary N) is 1. The Morgan fingerprint density at radius 1 is 1.03 bits per heavy atom. The lowest BCUT2D eigenvalue weighted by Crippen LogP contribution is -2.45. The van der Waals surface area contributed by atoms with Gasteiger partial charge in [-0.1, -0.05) is 56.7 Å². The van der Waals surface area contributed by atoms with Gasteiger partial charge >= 0.3 is 0 Å². The van der Waals surface area contributed by atoms with Crippen molar-refractivity contribution in [2.45, 2.75) is 86.7 Å². The van der Waals surface area contributed by atoms with E-state index >= 15 is 0 Å². The Balaban J connectivity index is 2.02. The molecule has 7 heteroatoms. The highest BCUT2D eigenvalue weighted by Crippen LogP contribution is 2.39. The molecule has 32 heavy (non-hydrogen) atoms. The lowest BCUT2D eigenvalue weighted by atomic mass is 10.1. The molecule has 2 aromatic rings. The second kappa shape index (κ2) is 11.3. The van der Waals surface area contributed by atoms with Crippen molar-refractivity contribution in [1.29, 1.82) is 0 Å². The first-order chi connectivity index (χ1) is 14.8. The van der Waals surface area contributed by atoms with E-state index in [4.69, 9.17) is 4.43 Å². The van der Waals surface area contributed by atoms with E-state index in [9.17, 15) is 8.42 Å². The molecule has 0 bridgehead atoms. The molecule has 1 N–H and O–H groups in total. The average Bonchev–Trinajstić information content (AvgIpc) is 2.70. The maximum atomic E-state index is 12.6. The molecule has 0 aliphatic heterocycles. The van der Waals surface area contributed by atoms with Gasteiger partial charge in [0.1, 0.15) is 0 Å². The van der Waals surface area contributed by atoms with Crippen LogP contribution in [-0.2, 0) is 14.4 Å². The van der Waals surface area contributed by atoms with Gasteiger partial charge in [0.2, 0.25) is 10.0 Å². The molecule has 2 atom stereocenters. The lowest BCUT2D eigenvalue weighted by Gasteiger charge is -2.40. The molecule has 0 saturated carbocycles. The van der Waals surface area contributed by atoms with E-state index < -0.39 is 18.3 Å². The van der Waals surface area contributed by atoms with Gasteiger partial charge in [-0.2, -0.15) is 0 Å². The van der Waals surface area contributed by atoms with Gasteiger partial charge in [0, 0.05) is 16.7 Å². The molecule has 0 saturated heterocycles. The molecule has 0 radical (unpaired) electrons. The lowest BCUT2D eigenvalue weighted by molar-refractivity contribution is 0.191. The van der Waals surface area contributed by atoms with E-state index in [0.29, 0.717) is 11.4 Å². The molecule has 2 aromatic carbocycles. The van der Waals surface area contributed by atoms with E-state index in [2.05, 4.69) is 69.8 Å². The van der Waals surface area contributed by atoms with Gasteiger partial charge in [-0.15, -0.1) is 11.8 Å². The van der Waals surface area contributed by atoms with Crippen LogP contribution in [0.25, 0.3) is 0 Å². The summed E-state index contributed by atoms with van der Waals surface area (Å²) in [5, 5.41) is 0.391. The first-order valence-electron chi connectivity index (χ1n) is 11.3. The van der Waals surface area contributed by atoms with Crippen LogP contribution < -0.4 is 4.72 Å². The van der Waals surface area contributed by atoms with Crippen LogP contribution in [0.1, 0.15) is 46.1 Å². The Hall–Kier alpha value is -1.12. The highest BCUT2D eigenvalue weighted by molar-refractivity contribution is 8.00. The number of thioether (sulfide) groups is 1. The fourth-order valence-corrected chi connectivity index (χ4v) is 6.91. The molecule has 0 aliphatic carbocycles. The summed E-state index contributed by atoms with van der Waals surface area (Å²) in [5.74, 6) is 0. The summed E-state index contributed by atoms with van der Waals surface area (Å²) in [6.07, 6.45) is 1.70. The topological polar surface area (TPSA) is 55.4 Å². The Bertz CT molecular complexity index is 939. The smallest absolute Gasteiger partial charge is 0.240 e. The first kappa shape index (κ1) is 27.1.